The third-order valence-corrected chi connectivity index (χ3v) is 3.85. The van der Waals surface area contributed by atoms with E-state index in [1.807, 2.05) is 0 Å². The molecule has 1 aromatic heterocycles. The van der Waals surface area contributed by atoms with Crippen LogP contribution >= 0.6 is 11.8 Å². The number of thioether (sulfide) groups is 1. The number of nitrogens with one attached hydrogen (secondary N) is 1. The van der Waals surface area contributed by atoms with Crippen molar-refractivity contribution in [3.05, 3.63) is 59.7 Å². The molecule has 106 valence electrons. The Balaban J connectivity index is 2.30. The van der Waals surface area contributed by atoms with Crippen LogP contribution in [0.3, 0.4) is 0 Å². The number of pyridine rings is 1. The molecule has 1 N–H and O–H groups in total. The van der Waals surface area contributed by atoms with E-state index in [-0.39, 0.29) is 11.9 Å². The lowest BCUT2D eigenvalue weighted by atomic mass is 10.00. The first kappa shape index (κ1) is 15.0. The van der Waals surface area contributed by atoms with Crippen LogP contribution in [0, 0.1) is 5.82 Å². The highest BCUT2D eigenvalue weighted by Crippen LogP contribution is 2.24. The molecule has 0 bridgehead atoms. The molecule has 20 heavy (non-hydrogen) atoms. The van der Waals surface area contributed by atoms with Crippen LogP contribution in [0.15, 0.2) is 47.6 Å². The van der Waals surface area contributed by atoms with Gasteiger partial charge in [-0.2, -0.15) is 0 Å². The van der Waals surface area contributed by atoms with Crippen LogP contribution in [0.5, 0.6) is 0 Å². The predicted octanol–water partition coefficient (Wildman–Crippen LogP) is 4.03. The Hall–Kier alpha value is -1.39. The third kappa shape index (κ3) is 3.81. The summed E-state index contributed by atoms with van der Waals surface area (Å²) in [5, 5.41) is 3.45. The molecule has 1 atom stereocenters. The van der Waals surface area contributed by atoms with E-state index in [4.69, 9.17) is 0 Å². The Morgan fingerprint density at radius 3 is 2.55 bits per heavy atom. The zero-order valence-corrected chi connectivity index (χ0v) is 12.6. The van der Waals surface area contributed by atoms with Gasteiger partial charge in [-0.15, -0.1) is 11.8 Å². The van der Waals surface area contributed by atoms with Crippen LogP contribution < -0.4 is 5.32 Å². The normalized spacial score (nSPS) is 12.3. The van der Waals surface area contributed by atoms with E-state index in [0.29, 0.717) is 0 Å². The molecular formula is C16H19FN2S. The second-order valence-corrected chi connectivity index (χ2v) is 5.48. The first-order valence-corrected chi connectivity index (χ1v) is 7.95. The van der Waals surface area contributed by atoms with Crippen LogP contribution in [-0.4, -0.2) is 17.8 Å². The van der Waals surface area contributed by atoms with Crippen LogP contribution in [0.4, 0.5) is 4.39 Å². The van der Waals surface area contributed by atoms with Crippen molar-refractivity contribution in [2.75, 3.05) is 12.8 Å². The van der Waals surface area contributed by atoms with Crippen LogP contribution in [0.1, 0.15) is 30.5 Å². The zero-order chi connectivity index (χ0) is 14.4. The van der Waals surface area contributed by atoms with Gasteiger partial charge in [0.25, 0.3) is 0 Å². The van der Waals surface area contributed by atoms with Crippen molar-refractivity contribution in [3.8, 4) is 0 Å². The molecule has 4 heteroatoms. The minimum absolute atomic E-state index is 0.0194. The SMILES string of the molecule is CCCNC(c1ccc(SC)cc1)c1cncc(F)c1. The maximum Gasteiger partial charge on any atom is 0.141 e. The van der Waals surface area contributed by atoms with Crippen molar-refractivity contribution in [3.63, 3.8) is 0 Å². The van der Waals surface area contributed by atoms with E-state index < -0.39 is 0 Å². The number of benzene rings is 1. The summed E-state index contributed by atoms with van der Waals surface area (Å²) in [6.45, 7) is 3.00. The van der Waals surface area contributed by atoms with Crippen molar-refractivity contribution < 1.29 is 4.39 Å². The van der Waals surface area contributed by atoms with E-state index in [9.17, 15) is 4.39 Å². The van der Waals surface area contributed by atoms with E-state index >= 15 is 0 Å². The molecule has 0 amide bonds. The Morgan fingerprint density at radius 1 is 1.20 bits per heavy atom. The predicted molar refractivity (Wildman–Crippen MR) is 82.6 cm³/mol. The molecule has 1 unspecified atom stereocenters. The zero-order valence-electron chi connectivity index (χ0n) is 11.8. The van der Waals surface area contributed by atoms with Crippen LogP contribution in [0.2, 0.25) is 0 Å². The summed E-state index contributed by atoms with van der Waals surface area (Å²) < 4.78 is 13.4. The fourth-order valence-electron chi connectivity index (χ4n) is 2.10. The van der Waals surface area contributed by atoms with Crippen molar-refractivity contribution in [1.29, 1.82) is 0 Å². The number of halogens is 1. The highest BCUT2D eigenvalue weighted by molar-refractivity contribution is 7.98. The highest BCUT2D eigenvalue weighted by atomic mass is 32.2. The van der Waals surface area contributed by atoms with E-state index in [0.717, 1.165) is 24.1 Å². The molecule has 0 spiro atoms. The molecule has 0 aliphatic heterocycles. The number of hydrogen-bond donors (Lipinski definition) is 1. The summed E-state index contributed by atoms with van der Waals surface area (Å²) in [6.07, 6.45) is 6.04. The molecule has 2 aromatic rings. The molecule has 0 saturated carbocycles. The van der Waals surface area contributed by atoms with Gasteiger partial charge < -0.3 is 5.32 Å². The number of aromatic nitrogens is 1. The summed E-state index contributed by atoms with van der Waals surface area (Å²) in [5.74, 6) is -0.300. The minimum Gasteiger partial charge on any atom is -0.306 e. The molecule has 0 radical (unpaired) electrons. The molecule has 2 nitrogen and oxygen atoms in total. The number of rotatable bonds is 6. The molecule has 1 heterocycles. The molecule has 0 aliphatic carbocycles. The average molecular weight is 290 g/mol. The van der Waals surface area contributed by atoms with E-state index in [1.165, 1.54) is 11.1 Å². The second kappa shape index (κ2) is 7.41. The molecule has 0 saturated heterocycles. The van der Waals surface area contributed by atoms with Crippen molar-refractivity contribution >= 4 is 11.8 Å². The van der Waals surface area contributed by atoms with Gasteiger partial charge in [-0.25, -0.2) is 4.39 Å². The van der Waals surface area contributed by atoms with E-state index in [2.05, 4.69) is 47.7 Å². The smallest absolute Gasteiger partial charge is 0.141 e. The first-order chi connectivity index (χ1) is 9.74. The van der Waals surface area contributed by atoms with Gasteiger partial charge in [0.1, 0.15) is 5.82 Å². The first-order valence-electron chi connectivity index (χ1n) is 6.72. The highest BCUT2D eigenvalue weighted by Gasteiger charge is 2.14. The van der Waals surface area contributed by atoms with E-state index in [1.54, 1.807) is 24.0 Å². The quantitative estimate of drug-likeness (QED) is 0.813. The maximum atomic E-state index is 13.4. The average Bonchev–Trinajstić information content (AvgIpc) is 2.48. The number of nitrogens with zero attached hydrogens (tertiary/aromatic N) is 1. The van der Waals surface area contributed by atoms with Crippen LogP contribution in [0.25, 0.3) is 0 Å². The summed E-state index contributed by atoms with van der Waals surface area (Å²) >= 11 is 1.71. The fraction of sp³-hybridized carbons (Fsp3) is 0.312. The van der Waals surface area contributed by atoms with Crippen molar-refractivity contribution in [2.45, 2.75) is 24.3 Å². The lowest BCUT2D eigenvalue weighted by molar-refractivity contribution is 0.580. The lowest BCUT2D eigenvalue weighted by Crippen LogP contribution is -2.23. The molecule has 0 fully saturated rings. The Morgan fingerprint density at radius 2 is 1.95 bits per heavy atom. The van der Waals surface area contributed by atoms with Gasteiger partial charge in [-0.05, 0) is 48.5 Å². The largest absolute Gasteiger partial charge is 0.306 e. The van der Waals surface area contributed by atoms with Gasteiger partial charge in [-0.3, -0.25) is 4.98 Å². The Kier molecular flexibility index (Phi) is 5.56. The van der Waals surface area contributed by atoms with Crippen molar-refractivity contribution in [1.82, 2.24) is 10.3 Å². The lowest BCUT2D eigenvalue weighted by Gasteiger charge is -2.19. The minimum atomic E-state index is -0.300. The number of hydrogen-bond acceptors (Lipinski definition) is 3. The molecule has 0 aliphatic rings. The monoisotopic (exact) mass is 290 g/mol. The van der Waals surface area contributed by atoms with Gasteiger partial charge in [-0.1, -0.05) is 19.1 Å². The topological polar surface area (TPSA) is 24.9 Å². The molecule has 2 rings (SSSR count). The van der Waals surface area contributed by atoms with Gasteiger partial charge in [0, 0.05) is 11.1 Å². The van der Waals surface area contributed by atoms with Crippen molar-refractivity contribution in [2.24, 2.45) is 0 Å². The molecule has 1 aromatic carbocycles. The standard InChI is InChI=1S/C16H19FN2S/c1-3-8-19-16(13-9-14(17)11-18-10-13)12-4-6-15(20-2)7-5-12/h4-7,9-11,16,19H,3,8H2,1-2H3. The summed E-state index contributed by atoms with van der Waals surface area (Å²) in [4.78, 5) is 5.18. The second-order valence-electron chi connectivity index (χ2n) is 4.60. The van der Waals surface area contributed by atoms with Gasteiger partial charge in [0.05, 0.1) is 12.2 Å². The van der Waals surface area contributed by atoms with Gasteiger partial charge >= 0.3 is 0 Å². The summed E-state index contributed by atoms with van der Waals surface area (Å²) in [6, 6.07) is 9.88. The Bertz CT molecular complexity index is 542. The van der Waals surface area contributed by atoms with Gasteiger partial charge in [0.15, 0.2) is 0 Å². The maximum absolute atomic E-state index is 13.4. The molecular weight excluding hydrogens is 271 g/mol. The Labute approximate surface area is 123 Å². The van der Waals surface area contributed by atoms with Crippen LogP contribution in [-0.2, 0) is 0 Å². The summed E-state index contributed by atoms with van der Waals surface area (Å²) in [7, 11) is 0. The third-order valence-electron chi connectivity index (χ3n) is 3.11. The fourth-order valence-corrected chi connectivity index (χ4v) is 2.51. The van der Waals surface area contributed by atoms with Gasteiger partial charge in [0.2, 0.25) is 0 Å². The summed E-state index contributed by atoms with van der Waals surface area (Å²) in [5.41, 5.74) is 1.99.